The first-order valence-electron chi connectivity index (χ1n) is 6.77. The van der Waals surface area contributed by atoms with Gasteiger partial charge >= 0.3 is 12.0 Å². The Morgan fingerprint density at radius 3 is 2.65 bits per heavy atom. The predicted molar refractivity (Wildman–Crippen MR) is 76.0 cm³/mol. The van der Waals surface area contributed by atoms with Gasteiger partial charge in [-0.25, -0.2) is 14.6 Å². The molecule has 0 unspecified atom stereocenters. The first-order chi connectivity index (χ1) is 9.56. The molecule has 3 N–H and O–H groups in total. The molecule has 20 heavy (non-hydrogen) atoms. The molecule has 1 aromatic heterocycles. The fraction of sp³-hybridized carbons (Fsp3) is 0.615. The van der Waals surface area contributed by atoms with E-state index in [4.69, 9.17) is 5.11 Å². The Bertz CT molecular complexity index is 495. The minimum atomic E-state index is -0.975. The molecule has 0 spiro atoms. The van der Waals surface area contributed by atoms with Crippen LogP contribution in [-0.2, 0) is 6.54 Å². The standard InChI is InChI=1S/C13H19N3O3S/c1-8-11(12(17)18)20-10(16-8)7-15-13(19)14-6-9-4-2-3-5-9/h9H,2-7H2,1H3,(H,17,18)(H2,14,15,19). The number of aryl methyl sites for hydroxylation is 1. The van der Waals surface area contributed by atoms with Crippen LogP contribution in [0, 0.1) is 12.8 Å². The molecule has 2 amide bonds. The number of aromatic carboxylic acids is 1. The Labute approximate surface area is 121 Å². The molecule has 6 nitrogen and oxygen atoms in total. The lowest BCUT2D eigenvalue weighted by Gasteiger charge is -2.10. The van der Waals surface area contributed by atoms with E-state index in [9.17, 15) is 9.59 Å². The Morgan fingerprint density at radius 2 is 2.05 bits per heavy atom. The van der Waals surface area contributed by atoms with Crippen LogP contribution in [0.4, 0.5) is 4.79 Å². The van der Waals surface area contributed by atoms with Crippen LogP contribution in [0.5, 0.6) is 0 Å². The molecule has 1 aliphatic rings. The van der Waals surface area contributed by atoms with Crippen LogP contribution in [0.1, 0.15) is 46.1 Å². The van der Waals surface area contributed by atoms with E-state index >= 15 is 0 Å². The predicted octanol–water partition coefficient (Wildman–Crippen LogP) is 2.14. The SMILES string of the molecule is Cc1nc(CNC(=O)NCC2CCCC2)sc1C(=O)O. The third-order valence-electron chi connectivity index (χ3n) is 3.46. The molecule has 0 radical (unpaired) electrons. The van der Waals surface area contributed by atoms with E-state index < -0.39 is 5.97 Å². The molecule has 1 fully saturated rings. The van der Waals surface area contributed by atoms with E-state index in [0.29, 0.717) is 23.2 Å². The number of aromatic nitrogens is 1. The van der Waals surface area contributed by atoms with Gasteiger partial charge in [0.15, 0.2) is 0 Å². The van der Waals surface area contributed by atoms with Crippen molar-refractivity contribution in [3.8, 4) is 0 Å². The zero-order chi connectivity index (χ0) is 14.5. The van der Waals surface area contributed by atoms with Crippen LogP contribution in [0.3, 0.4) is 0 Å². The van der Waals surface area contributed by atoms with Crippen LogP contribution in [0.15, 0.2) is 0 Å². The van der Waals surface area contributed by atoms with E-state index in [1.165, 1.54) is 25.7 Å². The van der Waals surface area contributed by atoms with Gasteiger partial charge in [0.2, 0.25) is 0 Å². The molecule has 7 heteroatoms. The molecule has 2 rings (SSSR count). The molecule has 0 bridgehead atoms. The van der Waals surface area contributed by atoms with E-state index in [1.54, 1.807) is 6.92 Å². The van der Waals surface area contributed by atoms with E-state index in [1.807, 2.05) is 0 Å². The van der Waals surface area contributed by atoms with Crippen molar-refractivity contribution in [1.29, 1.82) is 0 Å². The van der Waals surface area contributed by atoms with Crippen LogP contribution in [0.25, 0.3) is 0 Å². The fourth-order valence-corrected chi connectivity index (χ4v) is 3.24. The summed E-state index contributed by atoms with van der Waals surface area (Å²) in [7, 11) is 0. The van der Waals surface area contributed by atoms with E-state index in [2.05, 4.69) is 15.6 Å². The second-order valence-corrected chi connectivity index (χ2v) is 6.12. The van der Waals surface area contributed by atoms with Crippen LogP contribution >= 0.6 is 11.3 Å². The zero-order valence-electron chi connectivity index (χ0n) is 11.4. The fourth-order valence-electron chi connectivity index (χ4n) is 2.40. The number of thiazole rings is 1. The number of rotatable bonds is 5. The van der Waals surface area contributed by atoms with Gasteiger partial charge in [0.1, 0.15) is 9.88 Å². The summed E-state index contributed by atoms with van der Waals surface area (Å²) in [5, 5.41) is 15.1. The lowest BCUT2D eigenvalue weighted by Crippen LogP contribution is -2.37. The first-order valence-corrected chi connectivity index (χ1v) is 7.59. The number of carboxylic acids is 1. The molecule has 1 aliphatic carbocycles. The zero-order valence-corrected chi connectivity index (χ0v) is 12.3. The Balaban J connectivity index is 1.75. The Hall–Kier alpha value is -1.63. The Morgan fingerprint density at radius 1 is 1.35 bits per heavy atom. The minimum Gasteiger partial charge on any atom is -0.477 e. The second kappa shape index (κ2) is 6.69. The molecule has 0 atom stereocenters. The molecule has 1 aromatic rings. The van der Waals surface area contributed by atoms with Crippen LogP contribution < -0.4 is 10.6 Å². The maximum Gasteiger partial charge on any atom is 0.347 e. The van der Waals surface area contributed by atoms with Crippen molar-refractivity contribution < 1.29 is 14.7 Å². The summed E-state index contributed by atoms with van der Waals surface area (Å²) in [6, 6.07) is -0.221. The highest BCUT2D eigenvalue weighted by Gasteiger charge is 2.16. The van der Waals surface area contributed by atoms with E-state index in [0.717, 1.165) is 11.3 Å². The molecule has 1 heterocycles. The van der Waals surface area contributed by atoms with Gasteiger partial charge in [0, 0.05) is 6.54 Å². The van der Waals surface area contributed by atoms with Crippen molar-refractivity contribution in [3.63, 3.8) is 0 Å². The summed E-state index contributed by atoms with van der Waals surface area (Å²) in [5.41, 5.74) is 0.491. The smallest absolute Gasteiger partial charge is 0.347 e. The van der Waals surface area contributed by atoms with Gasteiger partial charge in [-0.05, 0) is 25.7 Å². The van der Waals surface area contributed by atoms with Crippen LogP contribution in [0.2, 0.25) is 0 Å². The molecular weight excluding hydrogens is 278 g/mol. The largest absolute Gasteiger partial charge is 0.477 e. The van der Waals surface area contributed by atoms with Crippen molar-refractivity contribution in [2.75, 3.05) is 6.54 Å². The summed E-state index contributed by atoms with van der Waals surface area (Å²) >= 11 is 1.10. The van der Waals surface area contributed by atoms with Gasteiger partial charge in [-0.15, -0.1) is 11.3 Å². The van der Waals surface area contributed by atoms with Gasteiger partial charge in [0.25, 0.3) is 0 Å². The van der Waals surface area contributed by atoms with Gasteiger partial charge in [-0.2, -0.15) is 0 Å². The third-order valence-corrected chi connectivity index (χ3v) is 4.61. The van der Waals surface area contributed by atoms with Crippen molar-refractivity contribution in [3.05, 3.63) is 15.6 Å². The number of carboxylic acid groups (broad SMARTS) is 1. The van der Waals surface area contributed by atoms with Gasteiger partial charge in [-0.1, -0.05) is 12.8 Å². The maximum absolute atomic E-state index is 11.6. The molecule has 0 aromatic carbocycles. The Kier molecular flexibility index (Phi) is 4.94. The molecule has 1 saturated carbocycles. The van der Waals surface area contributed by atoms with Gasteiger partial charge in [-0.3, -0.25) is 0 Å². The lowest BCUT2D eigenvalue weighted by atomic mass is 10.1. The maximum atomic E-state index is 11.6. The summed E-state index contributed by atoms with van der Waals surface area (Å²) in [4.78, 5) is 26.9. The highest BCUT2D eigenvalue weighted by molar-refractivity contribution is 7.13. The normalized spacial score (nSPS) is 15.2. The monoisotopic (exact) mass is 297 g/mol. The molecule has 0 aliphatic heterocycles. The first kappa shape index (κ1) is 14.8. The number of amides is 2. The molecule has 0 saturated heterocycles. The number of urea groups is 1. The van der Waals surface area contributed by atoms with Gasteiger partial charge < -0.3 is 15.7 Å². The number of nitrogens with one attached hydrogen (secondary N) is 2. The van der Waals surface area contributed by atoms with Crippen molar-refractivity contribution in [2.24, 2.45) is 5.92 Å². The van der Waals surface area contributed by atoms with Crippen molar-refractivity contribution in [2.45, 2.75) is 39.2 Å². The molecule has 110 valence electrons. The highest BCUT2D eigenvalue weighted by atomic mass is 32.1. The third kappa shape index (κ3) is 3.93. The lowest BCUT2D eigenvalue weighted by molar-refractivity contribution is 0.0701. The van der Waals surface area contributed by atoms with Gasteiger partial charge in [0.05, 0.1) is 12.2 Å². The number of carbonyl (C=O) groups is 2. The second-order valence-electron chi connectivity index (χ2n) is 5.04. The summed E-state index contributed by atoms with van der Waals surface area (Å²) in [6.45, 7) is 2.63. The number of nitrogens with zero attached hydrogens (tertiary/aromatic N) is 1. The minimum absolute atomic E-state index is 0.221. The highest BCUT2D eigenvalue weighted by Crippen LogP contribution is 2.23. The number of hydrogen-bond acceptors (Lipinski definition) is 4. The summed E-state index contributed by atoms with van der Waals surface area (Å²) in [5.74, 6) is -0.376. The quantitative estimate of drug-likeness (QED) is 0.776. The topological polar surface area (TPSA) is 91.3 Å². The summed E-state index contributed by atoms with van der Waals surface area (Å²) < 4.78 is 0. The number of carbonyl (C=O) groups excluding carboxylic acids is 1. The van der Waals surface area contributed by atoms with Crippen LogP contribution in [-0.4, -0.2) is 28.6 Å². The van der Waals surface area contributed by atoms with Crippen molar-refractivity contribution in [1.82, 2.24) is 15.6 Å². The average Bonchev–Trinajstić information content (AvgIpc) is 3.03. The number of hydrogen-bond donors (Lipinski definition) is 3. The average molecular weight is 297 g/mol. The van der Waals surface area contributed by atoms with E-state index in [-0.39, 0.29) is 17.5 Å². The molecular formula is C13H19N3O3S. The van der Waals surface area contributed by atoms with Crippen molar-refractivity contribution >= 4 is 23.3 Å². The summed E-state index contributed by atoms with van der Waals surface area (Å²) in [6.07, 6.45) is 4.89.